The number of benzene rings is 2. The highest BCUT2D eigenvalue weighted by atomic mass is 32.2. The van der Waals surface area contributed by atoms with Crippen molar-refractivity contribution in [2.75, 3.05) is 37.7 Å². The Morgan fingerprint density at radius 2 is 1.55 bits per heavy atom. The van der Waals surface area contributed by atoms with Crippen molar-refractivity contribution in [3.05, 3.63) is 71.8 Å². The fourth-order valence-corrected chi connectivity index (χ4v) is 4.81. The van der Waals surface area contributed by atoms with E-state index >= 15 is 0 Å². The molecule has 2 amide bonds. The Morgan fingerprint density at radius 3 is 2.19 bits per heavy atom. The number of sulfone groups is 1. The van der Waals surface area contributed by atoms with E-state index < -0.39 is 15.9 Å². The number of carbonyl (C=O) groups is 2. The molecule has 1 atom stereocenters. The van der Waals surface area contributed by atoms with Gasteiger partial charge in [0.2, 0.25) is 5.91 Å². The highest BCUT2D eigenvalue weighted by Gasteiger charge is 2.21. The topological polar surface area (TPSA) is 95.6 Å². The molecule has 0 aromatic heterocycles. The monoisotopic (exact) mass is 443 g/mol. The zero-order valence-corrected chi connectivity index (χ0v) is 18.3. The minimum absolute atomic E-state index is 0.136. The molecule has 7 nitrogen and oxygen atoms in total. The van der Waals surface area contributed by atoms with E-state index in [2.05, 4.69) is 15.5 Å². The molecule has 1 heterocycles. The molecule has 166 valence electrons. The van der Waals surface area contributed by atoms with Crippen molar-refractivity contribution in [2.45, 2.75) is 18.9 Å². The van der Waals surface area contributed by atoms with Crippen LogP contribution in [-0.2, 0) is 14.6 Å². The molecule has 0 aliphatic carbocycles. The molecule has 0 radical (unpaired) electrons. The minimum atomic E-state index is -2.88. The SMILES string of the molecule is O=C(CC(NC(=O)c1ccccc1)c1ccccc1)NCCCN1CCS(=O)(=O)CC1. The van der Waals surface area contributed by atoms with Gasteiger partial charge in [0.15, 0.2) is 9.84 Å². The van der Waals surface area contributed by atoms with Gasteiger partial charge in [0, 0.05) is 25.2 Å². The summed E-state index contributed by atoms with van der Waals surface area (Å²) in [6.45, 7) is 2.37. The van der Waals surface area contributed by atoms with Crippen LogP contribution in [0.5, 0.6) is 0 Å². The molecule has 0 saturated carbocycles. The maximum Gasteiger partial charge on any atom is 0.251 e. The van der Waals surface area contributed by atoms with E-state index in [1.54, 1.807) is 24.3 Å². The molecule has 0 bridgehead atoms. The maximum absolute atomic E-state index is 12.6. The van der Waals surface area contributed by atoms with Crippen molar-refractivity contribution >= 4 is 21.7 Å². The van der Waals surface area contributed by atoms with Crippen molar-refractivity contribution in [3.63, 3.8) is 0 Å². The van der Waals surface area contributed by atoms with Crippen molar-refractivity contribution in [1.29, 1.82) is 0 Å². The Kier molecular flexibility index (Phi) is 8.20. The lowest BCUT2D eigenvalue weighted by Gasteiger charge is -2.26. The van der Waals surface area contributed by atoms with Crippen molar-refractivity contribution in [2.24, 2.45) is 0 Å². The van der Waals surface area contributed by atoms with Gasteiger partial charge < -0.3 is 15.5 Å². The third-order valence-corrected chi connectivity index (χ3v) is 6.95. The Labute approximate surface area is 183 Å². The van der Waals surface area contributed by atoms with Crippen LogP contribution in [0.1, 0.15) is 34.8 Å². The van der Waals surface area contributed by atoms with E-state index in [4.69, 9.17) is 0 Å². The van der Waals surface area contributed by atoms with Gasteiger partial charge in [0.05, 0.1) is 24.0 Å². The van der Waals surface area contributed by atoms with Gasteiger partial charge in [-0.3, -0.25) is 9.59 Å². The van der Waals surface area contributed by atoms with Crippen LogP contribution in [0.3, 0.4) is 0 Å². The van der Waals surface area contributed by atoms with Crippen LogP contribution < -0.4 is 10.6 Å². The molecule has 1 saturated heterocycles. The van der Waals surface area contributed by atoms with Gasteiger partial charge in [-0.1, -0.05) is 48.5 Å². The van der Waals surface area contributed by atoms with E-state index in [1.165, 1.54) is 0 Å². The number of hydrogen-bond donors (Lipinski definition) is 2. The van der Waals surface area contributed by atoms with Crippen LogP contribution in [0.4, 0.5) is 0 Å². The van der Waals surface area contributed by atoms with Gasteiger partial charge in [-0.05, 0) is 30.7 Å². The first-order valence-electron chi connectivity index (χ1n) is 10.5. The highest BCUT2D eigenvalue weighted by molar-refractivity contribution is 7.91. The summed E-state index contributed by atoms with van der Waals surface area (Å²) in [4.78, 5) is 27.2. The molecule has 1 fully saturated rings. The zero-order chi connectivity index (χ0) is 22.1. The van der Waals surface area contributed by atoms with Crippen LogP contribution in [0.25, 0.3) is 0 Å². The van der Waals surface area contributed by atoms with Gasteiger partial charge in [-0.25, -0.2) is 8.42 Å². The van der Waals surface area contributed by atoms with Crippen molar-refractivity contribution < 1.29 is 18.0 Å². The zero-order valence-electron chi connectivity index (χ0n) is 17.5. The van der Waals surface area contributed by atoms with Gasteiger partial charge in [-0.2, -0.15) is 0 Å². The minimum Gasteiger partial charge on any atom is -0.356 e. The quantitative estimate of drug-likeness (QED) is 0.576. The lowest BCUT2D eigenvalue weighted by molar-refractivity contribution is -0.121. The molecule has 31 heavy (non-hydrogen) atoms. The van der Waals surface area contributed by atoms with E-state index in [-0.39, 0.29) is 29.7 Å². The first kappa shape index (κ1) is 23.0. The van der Waals surface area contributed by atoms with Crippen LogP contribution in [0.15, 0.2) is 60.7 Å². The Hall–Kier alpha value is -2.71. The number of nitrogens with zero attached hydrogens (tertiary/aromatic N) is 1. The number of rotatable bonds is 9. The Balaban J connectivity index is 1.48. The third kappa shape index (κ3) is 7.48. The van der Waals surface area contributed by atoms with Crippen molar-refractivity contribution in [3.8, 4) is 0 Å². The summed E-state index contributed by atoms with van der Waals surface area (Å²) in [5.41, 5.74) is 1.42. The number of hydrogen-bond acceptors (Lipinski definition) is 5. The second kappa shape index (κ2) is 11.1. The van der Waals surface area contributed by atoms with Crippen LogP contribution in [-0.4, -0.2) is 62.8 Å². The first-order valence-corrected chi connectivity index (χ1v) is 12.4. The lowest BCUT2D eigenvalue weighted by atomic mass is 10.0. The van der Waals surface area contributed by atoms with E-state index in [0.717, 1.165) is 18.5 Å². The molecule has 2 aromatic rings. The summed E-state index contributed by atoms with van der Waals surface area (Å²) in [6, 6.07) is 18.0. The fourth-order valence-electron chi connectivity index (χ4n) is 3.53. The average Bonchev–Trinajstić information content (AvgIpc) is 2.78. The molecule has 2 N–H and O–H groups in total. The van der Waals surface area contributed by atoms with Gasteiger partial charge in [0.25, 0.3) is 5.91 Å². The summed E-state index contributed by atoms with van der Waals surface area (Å²) in [7, 11) is -2.88. The molecule has 1 unspecified atom stereocenters. The molecular weight excluding hydrogens is 414 g/mol. The van der Waals surface area contributed by atoms with Crippen molar-refractivity contribution in [1.82, 2.24) is 15.5 Å². The van der Waals surface area contributed by atoms with Crippen LogP contribution in [0, 0.1) is 0 Å². The molecule has 8 heteroatoms. The maximum atomic E-state index is 12.6. The first-order chi connectivity index (χ1) is 14.9. The van der Waals surface area contributed by atoms with Crippen LogP contribution in [0.2, 0.25) is 0 Å². The van der Waals surface area contributed by atoms with E-state index in [9.17, 15) is 18.0 Å². The molecule has 1 aliphatic rings. The summed E-state index contributed by atoms with van der Waals surface area (Å²) in [5.74, 6) is 0.0593. The van der Waals surface area contributed by atoms with E-state index in [0.29, 0.717) is 25.2 Å². The largest absolute Gasteiger partial charge is 0.356 e. The predicted molar refractivity (Wildman–Crippen MR) is 120 cm³/mol. The van der Waals surface area contributed by atoms with Gasteiger partial charge in [-0.15, -0.1) is 0 Å². The summed E-state index contributed by atoms with van der Waals surface area (Å²) in [6.07, 6.45) is 0.892. The number of nitrogens with one attached hydrogen (secondary N) is 2. The molecule has 2 aromatic carbocycles. The Bertz CT molecular complexity index is 951. The highest BCUT2D eigenvalue weighted by Crippen LogP contribution is 2.17. The summed E-state index contributed by atoms with van der Waals surface area (Å²) < 4.78 is 23.0. The number of amides is 2. The molecule has 1 aliphatic heterocycles. The molecule has 0 spiro atoms. The van der Waals surface area contributed by atoms with Crippen LogP contribution >= 0.6 is 0 Å². The Morgan fingerprint density at radius 1 is 0.935 bits per heavy atom. The second-order valence-electron chi connectivity index (χ2n) is 7.70. The average molecular weight is 444 g/mol. The number of carbonyl (C=O) groups excluding carboxylic acids is 2. The van der Waals surface area contributed by atoms with E-state index in [1.807, 2.05) is 36.4 Å². The van der Waals surface area contributed by atoms with Gasteiger partial charge >= 0.3 is 0 Å². The summed E-state index contributed by atoms with van der Waals surface area (Å²) in [5, 5.41) is 5.88. The smallest absolute Gasteiger partial charge is 0.251 e. The third-order valence-electron chi connectivity index (χ3n) is 5.34. The lowest BCUT2D eigenvalue weighted by Crippen LogP contribution is -2.41. The predicted octanol–water partition coefficient (Wildman–Crippen LogP) is 1.78. The normalized spacial score (nSPS) is 16.9. The standard InChI is InChI=1S/C23H29N3O4S/c27-22(24-12-7-13-26-14-16-31(29,30)17-15-26)18-21(19-8-3-1-4-9-19)25-23(28)20-10-5-2-6-11-20/h1-6,8-11,21H,7,12-18H2,(H,24,27)(H,25,28). The summed E-state index contributed by atoms with van der Waals surface area (Å²) >= 11 is 0. The molecule has 3 rings (SSSR count). The fraction of sp³-hybridized carbons (Fsp3) is 0.391. The molecular formula is C23H29N3O4S. The van der Waals surface area contributed by atoms with Gasteiger partial charge in [0.1, 0.15) is 0 Å². The second-order valence-corrected chi connectivity index (χ2v) is 10.0.